The molecule has 1 atom stereocenters. The van der Waals surface area contributed by atoms with E-state index in [1.165, 1.54) is 17.3 Å². The van der Waals surface area contributed by atoms with Crippen LogP contribution in [0.1, 0.15) is 40.2 Å². The number of nitrogens with zero attached hydrogens (tertiary/aromatic N) is 3. The number of halogens is 1. The van der Waals surface area contributed by atoms with Gasteiger partial charge in [0.05, 0.1) is 10.4 Å². The number of aryl methyl sites for hydroxylation is 1. The predicted molar refractivity (Wildman–Crippen MR) is 130 cm³/mol. The molecule has 0 fully saturated rings. The molecule has 0 bridgehead atoms. The Morgan fingerprint density at radius 2 is 1.81 bits per heavy atom. The van der Waals surface area contributed by atoms with Crippen LogP contribution in [-0.4, -0.2) is 42.5 Å². The molecule has 3 aromatic rings. The second kappa shape index (κ2) is 9.62. The molecule has 7 nitrogen and oxygen atoms in total. The van der Waals surface area contributed by atoms with Gasteiger partial charge in [-0.2, -0.15) is 0 Å². The van der Waals surface area contributed by atoms with Crippen molar-refractivity contribution in [1.29, 1.82) is 0 Å². The Morgan fingerprint density at radius 1 is 1.16 bits per heavy atom. The van der Waals surface area contributed by atoms with Crippen LogP contribution in [0.15, 0.2) is 46.3 Å². The third kappa shape index (κ3) is 4.83. The SMILES string of the molecule is CCc1ccc(-n2c(Br)nnc2SC(C)(C)C(=O)NC(C(=O)O)C(C)C)c2ccccc12. The van der Waals surface area contributed by atoms with E-state index in [4.69, 9.17) is 0 Å². The molecule has 1 unspecified atom stereocenters. The van der Waals surface area contributed by atoms with Crippen molar-refractivity contribution in [3.8, 4) is 5.69 Å². The highest BCUT2D eigenvalue weighted by Crippen LogP contribution is 2.37. The van der Waals surface area contributed by atoms with Crippen LogP contribution in [0, 0.1) is 5.92 Å². The van der Waals surface area contributed by atoms with Gasteiger partial charge in [-0.25, -0.2) is 4.79 Å². The smallest absolute Gasteiger partial charge is 0.326 e. The number of aromatic nitrogens is 3. The van der Waals surface area contributed by atoms with E-state index in [2.05, 4.69) is 56.6 Å². The molecule has 0 saturated heterocycles. The van der Waals surface area contributed by atoms with Crippen molar-refractivity contribution in [2.75, 3.05) is 0 Å². The van der Waals surface area contributed by atoms with Crippen molar-refractivity contribution in [3.63, 3.8) is 0 Å². The van der Waals surface area contributed by atoms with Crippen LogP contribution in [0.3, 0.4) is 0 Å². The Bertz CT molecular complexity index is 1160. The molecule has 1 amide bonds. The van der Waals surface area contributed by atoms with Gasteiger partial charge in [0, 0.05) is 5.39 Å². The van der Waals surface area contributed by atoms with Crippen molar-refractivity contribution < 1.29 is 14.7 Å². The van der Waals surface area contributed by atoms with Crippen LogP contribution in [0.5, 0.6) is 0 Å². The van der Waals surface area contributed by atoms with Gasteiger partial charge in [-0.3, -0.25) is 9.36 Å². The summed E-state index contributed by atoms with van der Waals surface area (Å²) in [6, 6.07) is 11.3. The maximum absolute atomic E-state index is 13.0. The monoisotopic (exact) mass is 518 g/mol. The third-order valence-corrected chi connectivity index (χ3v) is 6.98. The van der Waals surface area contributed by atoms with Gasteiger partial charge in [0.15, 0.2) is 5.16 Å². The first-order valence-electron chi connectivity index (χ1n) is 10.4. The Balaban J connectivity index is 1.99. The molecule has 0 aliphatic rings. The minimum Gasteiger partial charge on any atom is -0.480 e. The number of fused-ring (bicyclic) bond motifs is 1. The number of aliphatic carboxylic acids is 1. The number of rotatable bonds is 8. The fourth-order valence-corrected chi connectivity index (χ4v) is 4.99. The van der Waals surface area contributed by atoms with E-state index in [1.54, 1.807) is 27.7 Å². The minimum atomic E-state index is -1.05. The molecular formula is C23H27BrN4O3S. The Hall–Kier alpha value is -2.39. The average Bonchev–Trinajstić information content (AvgIpc) is 3.09. The lowest BCUT2D eigenvalue weighted by molar-refractivity contribution is -0.143. The summed E-state index contributed by atoms with van der Waals surface area (Å²) in [6.45, 7) is 9.14. The average molecular weight is 519 g/mol. The maximum atomic E-state index is 13.0. The number of thioether (sulfide) groups is 1. The van der Waals surface area contributed by atoms with Gasteiger partial charge < -0.3 is 10.4 Å². The summed E-state index contributed by atoms with van der Waals surface area (Å²) < 4.78 is 1.42. The molecule has 0 radical (unpaired) electrons. The molecule has 0 aliphatic carbocycles. The van der Waals surface area contributed by atoms with Crippen molar-refractivity contribution >= 4 is 50.3 Å². The van der Waals surface area contributed by atoms with Crippen LogP contribution in [-0.2, 0) is 16.0 Å². The van der Waals surface area contributed by atoms with E-state index in [1.807, 2.05) is 22.8 Å². The summed E-state index contributed by atoms with van der Waals surface area (Å²) in [6.07, 6.45) is 0.916. The molecule has 3 rings (SSSR count). The van der Waals surface area contributed by atoms with Crippen molar-refractivity contribution in [2.45, 2.75) is 57.0 Å². The van der Waals surface area contributed by atoms with Gasteiger partial charge in [0.2, 0.25) is 10.6 Å². The van der Waals surface area contributed by atoms with Crippen molar-refractivity contribution in [3.05, 3.63) is 46.7 Å². The number of carbonyl (C=O) groups is 2. The summed E-state index contributed by atoms with van der Waals surface area (Å²) >= 11 is 4.73. The number of carboxylic acid groups (broad SMARTS) is 1. The van der Waals surface area contributed by atoms with Gasteiger partial charge in [0.1, 0.15) is 6.04 Å². The quantitative estimate of drug-likeness (QED) is 0.414. The Kier molecular flexibility index (Phi) is 7.29. The van der Waals surface area contributed by atoms with Crippen molar-refractivity contribution in [1.82, 2.24) is 20.1 Å². The van der Waals surface area contributed by atoms with Crippen LogP contribution >= 0.6 is 27.7 Å². The van der Waals surface area contributed by atoms with Crippen LogP contribution in [0.2, 0.25) is 0 Å². The Morgan fingerprint density at radius 3 is 2.41 bits per heavy atom. The highest BCUT2D eigenvalue weighted by Gasteiger charge is 2.35. The van der Waals surface area contributed by atoms with E-state index in [0.29, 0.717) is 9.89 Å². The van der Waals surface area contributed by atoms with Crippen LogP contribution in [0.25, 0.3) is 16.5 Å². The van der Waals surface area contributed by atoms with Gasteiger partial charge in [-0.1, -0.05) is 62.9 Å². The maximum Gasteiger partial charge on any atom is 0.326 e. The number of hydrogen-bond acceptors (Lipinski definition) is 5. The molecule has 9 heteroatoms. The lowest BCUT2D eigenvalue weighted by Gasteiger charge is -2.26. The zero-order valence-electron chi connectivity index (χ0n) is 18.7. The molecule has 2 N–H and O–H groups in total. The number of nitrogens with one attached hydrogen (secondary N) is 1. The fraction of sp³-hybridized carbons (Fsp3) is 0.391. The van der Waals surface area contributed by atoms with Gasteiger partial charge in [-0.05, 0) is 59.1 Å². The van der Waals surface area contributed by atoms with Gasteiger partial charge in [0.25, 0.3) is 0 Å². The number of carbonyl (C=O) groups excluding carboxylic acids is 1. The molecule has 2 aromatic carbocycles. The van der Waals surface area contributed by atoms with Gasteiger partial charge in [-0.15, -0.1) is 10.2 Å². The predicted octanol–water partition coefficient (Wildman–Crippen LogP) is 4.84. The highest BCUT2D eigenvalue weighted by atomic mass is 79.9. The summed E-state index contributed by atoms with van der Waals surface area (Å²) in [5, 5.41) is 23.3. The van der Waals surface area contributed by atoms with Crippen LogP contribution < -0.4 is 5.32 Å². The van der Waals surface area contributed by atoms with E-state index in [-0.39, 0.29) is 11.8 Å². The topological polar surface area (TPSA) is 97.1 Å². The zero-order valence-corrected chi connectivity index (χ0v) is 21.1. The molecule has 1 aromatic heterocycles. The van der Waals surface area contributed by atoms with E-state index < -0.39 is 16.8 Å². The molecule has 32 heavy (non-hydrogen) atoms. The van der Waals surface area contributed by atoms with E-state index in [0.717, 1.165) is 22.9 Å². The molecule has 0 aliphatic heterocycles. The first kappa shape index (κ1) is 24.3. The van der Waals surface area contributed by atoms with Crippen molar-refractivity contribution in [2.24, 2.45) is 5.92 Å². The molecule has 0 spiro atoms. The summed E-state index contributed by atoms with van der Waals surface area (Å²) in [7, 11) is 0. The second-order valence-electron chi connectivity index (χ2n) is 8.38. The first-order valence-corrected chi connectivity index (χ1v) is 12.0. The van der Waals surface area contributed by atoms with Gasteiger partial charge >= 0.3 is 5.97 Å². The number of hydrogen-bond donors (Lipinski definition) is 2. The lowest BCUT2D eigenvalue weighted by atomic mass is 10.0. The number of benzene rings is 2. The largest absolute Gasteiger partial charge is 0.480 e. The van der Waals surface area contributed by atoms with E-state index >= 15 is 0 Å². The summed E-state index contributed by atoms with van der Waals surface area (Å²) in [4.78, 5) is 24.5. The molecular weight excluding hydrogens is 492 g/mol. The Labute approximate surface area is 200 Å². The number of carboxylic acids is 1. The van der Waals surface area contributed by atoms with Crippen LogP contribution in [0.4, 0.5) is 0 Å². The second-order valence-corrected chi connectivity index (χ2v) is 10.7. The fourth-order valence-electron chi connectivity index (χ4n) is 3.47. The molecule has 1 heterocycles. The lowest BCUT2D eigenvalue weighted by Crippen LogP contribution is -2.50. The first-order chi connectivity index (χ1) is 15.1. The van der Waals surface area contributed by atoms with E-state index in [9.17, 15) is 14.7 Å². The molecule has 0 saturated carbocycles. The summed E-state index contributed by atoms with van der Waals surface area (Å²) in [5.41, 5.74) is 2.15. The molecule has 170 valence electrons. The summed E-state index contributed by atoms with van der Waals surface area (Å²) in [5.74, 6) is -1.67. The highest BCUT2D eigenvalue weighted by molar-refractivity contribution is 9.10. The number of amides is 1. The third-order valence-electron chi connectivity index (χ3n) is 5.32. The normalized spacial score (nSPS) is 12.8. The standard InChI is InChI=1S/C23H27BrN4O3S/c1-6-14-11-12-17(16-10-8-7-9-15(14)16)28-21(24)26-27-22(28)32-23(4,5)20(31)25-18(13(2)3)19(29)30/h7-13,18H,6H2,1-5H3,(H,25,31)(H,29,30). The minimum absolute atomic E-state index is 0.238. The zero-order chi connectivity index (χ0) is 23.6.